The van der Waals surface area contributed by atoms with Crippen LogP contribution in [0.5, 0.6) is 11.5 Å². The number of nitrogens with one attached hydrogen (secondary N) is 1. The number of halogens is 1. The normalized spacial score (nSPS) is 11.4. The molecule has 0 fully saturated rings. The molecule has 0 aliphatic rings. The van der Waals surface area contributed by atoms with Crippen molar-refractivity contribution in [3.63, 3.8) is 0 Å². The van der Waals surface area contributed by atoms with E-state index in [9.17, 15) is 14.0 Å². The standard InChI is InChI=1S/C38H33FN4O4/c1-23(2)30-20-31(24(3)19-35(30)46-4)37-42-33-12-8-7-11-29(33)38(45)43(37)40-21-32-28-10-6-5-9-25(28)13-18-34(32)47-22-36(44)41-27-16-14-26(39)15-17-27/h5-21,23H,22H2,1-4H3,(H,41,44). The van der Waals surface area contributed by atoms with E-state index >= 15 is 0 Å². The number of fused-ring (bicyclic) bond motifs is 2. The quantitative estimate of drug-likeness (QED) is 0.166. The van der Waals surface area contributed by atoms with Crippen LogP contribution >= 0.6 is 0 Å². The molecule has 0 atom stereocenters. The number of anilines is 1. The number of aryl methyl sites for hydroxylation is 1. The van der Waals surface area contributed by atoms with Crippen LogP contribution in [0.25, 0.3) is 33.1 Å². The summed E-state index contributed by atoms with van der Waals surface area (Å²) in [4.78, 5) is 31.7. The van der Waals surface area contributed by atoms with Crippen molar-refractivity contribution < 1.29 is 18.7 Å². The topological polar surface area (TPSA) is 94.8 Å². The molecule has 0 radical (unpaired) electrons. The van der Waals surface area contributed by atoms with Crippen LogP contribution in [-0.2, 0) is 4.79 Å². The number of benzene rings is 5. The van der Waals surface area contributed by atoms with Crippen molar-refractivity contribution in [3.05, 3.63) is 130 Å². The van der Waals surface area contributed by atoms with Gasteiger partial charge < -0.3 is 14.8 Å². The Morgan fingerprint density at radius 2 is 1.68 bits per heavy atom. The first kappa shape index (κ1) is 31.2. The SMILES string of the molecule is COc1cc(C)c(-c2nc3ccccc3c(=O)n2N=Cc2c(OCC(=O)Nc3ccc(F)cc3)ccc3ccccc23)cc1C(C)C. The summed E-state index contributed by atoms with van der Waals surface area (Å²) in [5.41, 5.74) is 3.87. The fraction of sp³-hybridized carbons (Fsp3) is 0.158. The summed E-state index contributed by atoms with van der Waals surface area (Å²) in [7, 11) is 1.64. The molecule has 6 aromatic rings. The Hall–Kier alpha value is -5.83. The van der Waals surface area contributed by atoms with E-state index in [2.05, 4.69) is 19.2 Å². The number of nitrogens with zero attached hydrogens (tertiary/aromatic N) is 3. The fourth-order valence-corrected chi connectivity index (χ4v) is 5.50. The summed E-state index contributed by atoms with van der Waals surface area (Å²) in [5, 5.41) is 9.62. The molecule has 6 rings (SSSR count). The first-order valence-electron chi connectivity index (χ1n) is 15.2. The molecule has 0 unspecified atom stereocenters. The Bertz CT molecular complexity index is 2210. The van der Waals surface area contributed by atoms with Crippen molar-refractivity contribution in [2.45, 2.75) is 26.7 Å². The Morgan fingerprint density at radius 3 is 2.43 bits per heavy atom. The number of hydrogen-bond acceptors (Lipinski definition) is 6. The molecule has 1 aromatic heterocycles. The number of para-hydroxylation sites is 1. The highest BCUT2D eigenvalue weighted by Crippen LogP contribution is 2.34. The number of carbonyl (C=O) groups is 1. The van der Waals surface area contributed by atoms with Crippen LogP contribution in [0.15, 0.2) is 107 Å². The molecule has 0 saturated heterocycles. The van der Waals surface area contributed by atoms with Gasteiger partial charge in [0.1, 0.15) is 17.3 Å². The van der Waals surface area contributed by atoms with Gasteiger partial charge in [0.2, 0.25) is 0 Å². The van der Waals surface area contributed by atoms with E-state index in [4.69, 9.17) is 19.6 Å². The lowest BCUT2D eigenvalue weighted by Crippen LogP contribution is -2.21. The minimum absolute atomic E-state index is 0.157. The van der Waals surface area contributed by atoms with Gasteiger partial charge in [-0.05, 0) is 89.3 Å². The van der Waals surface area contributed by atoms with E-state index < -0.39 is 11.7 Å². The van der Waals surface area contributed by atoms with Crippen molar-refractivity contribution in [2.24, 2.45) is 5.10 Å². The first-order valence-corrected chi connectivity index (χ1v) is 15.2. The monoisotopic (exact) mass is 628 g/mol. The van der Waals surface area contributed by atoms with Gasteiger partial charge in [-0.2, -0.15) is 9.78 Å². The smallest absolute Gasteiger partial charge is 0.282 e. The maximum Gasteiger partial charge on any atom is 0.282 e. The lowest BCUT2D eigenvalue weighted by molar-refractivity contribution is -0.118. The maximum atomic E-state index is 14.0. The molecule has 1 amide bonds. The van der Waals surface area contributed by atoms with Gasteiger partial charge in [0.05, 0.1) is 24.2 Å². The van der Waals surface area contributed by atoms with E-state index in [1.807, 2.05) is 61.5 Å². The molecule has 5 aromatic carbocycles. The van der Waals surface area contributed by atoms with Crippen molar-refractivity contribution >= 4 is 39.5 Å². The Kier molecular flexibility index (Phi) is 8.79. The molecule has 1 heterocycles. The zero-order valence-corrected chi connectivity index (χ0v) is 26.5. The first-order chi connectivity index (χ1) is 22.7. The van der Waals surface area contributed by atoms with Gasteiger partial charge in [-0.1, -0.05) is 56.3 Å². The van der Waals surface area contributed by atoms with E-state index in [1.165, 1.54) is 28.9 Å². The number of amides is 1. The van der Waals surface area contributed by atoms with E-state index in [0.717, 1.165) is 33.2 Å². The Labute approximate surface area is 271 Å². The summed E-state index contributed by atoms with van der Waals surface area (Å²) in [6, 6.07) is 28.0. The van der Waals surface area contributed by atoms with Crippen molar-refractivity contribution in [2.75, 3.05) is 19.0 Å². The predicted molar refractivity (Wildman–Crippen MR) is 184 cm³/mol. The molecular weight excluding hydrogens is 595 g/mol. The van der Waals surface area contributed by atoms with Gasteiger partial charge >= 0.3 is 0 Å². The molecule has 0 bridgehead atoms. The highest BCUT2D eigenvalue weighted by Gasteiger charge is 2.19. The van der Waals surface area contributed by atoms with E-state index in [1.54, 1.807) is 31.5 Å². The molecule has 0 aliphatic heterocycles. The number of hydrogen-bond donors (Lipinski definition) is 1. The number of methoxy groups -OCH3 is 1. The van der Waals surface area contributed by atoms with Gasteiger partial charge in [-0.15, -0.1) is 0 Å². The Morgan fingerprint density at radius 1 is 0.957 bits per heavy atom. The zero-order valence-electron chi connectivity index (χ0n) is 26.5. The van der Waals surface area contributed by atoms with Crippen LogP contribution in [0.3, 0.4) is 0 Å². The molecular formula is C38H33FN4O4. The second-order valence-corrected chi connectivity index (χ2v) is 11.4. The van der Waals surface area contributed by atoms with Crippen LogP contribution in [0.1, 0.15) is 36.5 Å². The maximum absolute atomic E-state index is 14.0. The third-order valence-electron chi connectivity index (χ3n) is 7.91. The molecule has 1 N–H and O–H groups in total. The summed E-state index contributed by atoms with van der Waals surface area (Å²) >= 11 is 0. The molecule has 0 aliphatic carbocycles. The van der Waals surface area contributed by atoms with Crippen LogP contribution in [0, 0.1) is 12.7 Å². The second-order valence-electron chi connectivity index (χ2n) is 11.4. The summed E-state index contributed by atoms with van der Waals surface area (Å²) in [5.74, 6) is 0.886. The number of ether oxygens (including phenoxy) is 2. The number of carbonyl (C=O) groups excluding carboxylic acids is 1. The Balaban J connectivity index is 1.45. The van der Waals surface area contributed by atoms with Gasteiger partial charge in [-0.25, -0.2) is 9.37 Å². The van der Waals surface area contributed by atoms with E-state index in [-0.39, 0.29) is 18.1 Å². The van der Waals surface area contributed by atoms with Gasteiger partial charge in [0.15, 0.2) is 12.4 Å². The number of aromatic nitrogens is 2. The molecule has 0 saturated carbocycles. The van der Waals surface area contributed by atoms with Crippen LogP contribution in [0.2, 0.25) is 0 Å². The molecule has 0 spiro atoms. The summed E-state index contributed by atoms with van der Waals surface area (Å²) < 4.78 is 26.3. The predicted octanol–water partition coefficient (Wildman–Crippen LogP) is 7.70. The second kappa shape index (κ2) is 13.3. The summed E-state index contributed by atoms with van der Waals surface area (Å²) in [6.07, 6.45) is 1.57. The van der Waals surface area contributed by atoms with Crippen molar-refractivity contribution in [1.82, 2.24) is 9.66 Å². The highest BCUT2D eigenvalue weighted by molar-refractivity contribution is 6.03. The zero-order chi connectivity index (χ0) is 33.1. The van der Waals surface area contributed by atoms with Crippen LogP contribution in [-0.4, -0.2) is 35.5 Å². The average Bonchev–Trinajstić information content (AvgIpc) is 3.07. The average molecular weight is 629 g/mol. The number of rotatable bonds is 9. The van der Waals surface area contributed by atoms with E-state index in [0.29, 0.717) is 33.7 Å². The van der Waals surface area contributed by atoms with Gasteiger partial charge in [-0.3, -0.25) is 9.59 Å². The highest BCUT2D eigenvalue weighted by atomic mass is 19.1. The fourth-order valence-electron chi connectivity index (χ4n) is 5.50. The summed E-state index contributed by atoms with van der Waals surface area (Å²) in [6.45, 7) is 5.81. The minimum Gasteiger partial charge on any atom is -0.496 e. The van der Waals surface area contributed by atoms with Gasteiger partial charge in [0.25, 0.3) is 11.5 Å². The van der Waals surface area contributed by atoms with Crippen LogP contribution < -0.4 is 20.3 Å². The minimum atomic E-state index is -0.416. The molecule has 47 heavy (non-hydrogen) atoms. The molecule has 9 heteroatoms. The van der Waals surface area contributed by atoms with Gasteiger partial charge in [0, 0.05) is 16.8 Å². The molecule has 236 valence electrons. The lowest BCUT2D eigenvalue weighted by Gasteiger charge is -2.17. The molecule has 8 nitrogen and oxygen atoms in total. The van der Waals surface area contributed by atoms with Crippen molar-refractivity contribution in [3.8, 4) is 22.9 Å². The third-order valence-corrected chi connectivity index (χ3v) is 7.91. The lowest BCUT2D eigenvalue weighted by atomic mass is 9.96. The van der Waals surface area contributed by atoms with Crippen LogP contribution in [0.4, 0.5) is 10.1 Å². The largest absolute Gasteiger partial charge is 0.496 e. The third kappa shape index (κ3) is 6.46. The van der Waals surface area contributed by atoms with Crippen molar-refractivity contribution in [1.29, 1.82) is 0 Å².